The molecule has 1 amide bonds. The molecule has 0 aliphatic rings. The van der Waals surface area contributed by atoms with Crippen LogP contribution in [0.2, 0.25) is 0 Å². The van der Waals surface area contributed by atoms with Gasteiger partial charge >= 0.3 is 5.97 Å². The Morgan fingerprint density at radius 1 is 1.13 bits per heavy atom. The fraction of sp³-hybridized carbons (Fsp3) is 0.182. The Kier molecular flexibility index (Phi) is 6.79. The lowest BCUT2D eigenvalue weighted by atomic mass is 10.1. The number of ether oxygens (including phenoxy) is 1. The fourth-order valence-corrected chi connectivity index (χ4v) is 2.99. The number of nitrogens with zero attached hydrogens (tertiary/aromatic N) is 3. The van der Waals surface area contributed by atoms with Gasteiger partial charge < -0.3 is 4.74 Å². The minimum atomic E-state index is -0.463. The van der Waals surface area contributed by atoms with Crippen LogP contribution in [0.4, 0.5) is 0 Å². The molecule has 7 nitrogen and oxygen atoms in total. The van der Waals surface area contributed by atoms with Crippen molar-refractivity contribution in [3.8, 4) is 5.75 Å². The van der Waals surface area contributed by atoms with Crippen molar-refractivity contribution in [2.24, 2.45) is 5.10 Å². The molecule has 1 N–H and O–H groups in total. The molecule has 0 unspecified atom stereocenters. The molecule has 0 aliphatic heterocycles. The highest BCUT2D eigenvalue weighted by Gasteiger charge is 2.12. The van der Waals surface area contributed by atoms with Crippen molar-refractivity contribution < 1.29 is 14.3 Å². The number of benzene rings is 2. The molecule has 2 aromatic carbocycles. The van der Waals surface area contributed by atoms with Crippen LogP contribution in [-0.2, 0) is 11.3 Å². The molecule has 30 heavy (non-hydrogen) atoms. The minimum absolute atomic E-state index is 0.0413. The maximum absolute atomic E-state index is 12.4. The number of para-hydroxylation sites is 1. The second kappa shape index (κ2) is 9.49. The predicted molar refractivity (Wildman–Crippen MR) is 118 cm³/mol. The van der Waals surface area contributed by atoms with Crippen LogP contribution in [0.3, 0.4) is 0 Å². The van der Waals surface area contributed by atoms with E-state index in [-0.39, 0.29) is 12.5 Å². The highest BCUT2D eigenvalue weighted by atomic mass is 79.9. The van der Waals surface area contributed by atoms with Crippen molar-refractivity contribution in [1.29, 1.82) is 0 Å². The van der Waals surface area contributed by atoms with E-state index in [4.69, 9.17) is 4.74 Å². The van der Waals surface area contributed by atoms with E-state index in [1.165, 1.54) is 6.21 Å². The average Bonchev–Trinajstić information content (AvgIpc) is 2.96. The van der Waals surface area contributed by atoms with Gasteiger partial charge in [-0.3, -0.25) is 9.48 Å². The number of aryl methyl sites for hydroxylation is 2. The first kappa shape index (κ1) is 21.4. The lowest BCUT2D eigenvalue weighted by Crippen LogP contribution is -2.24. The molecule has 8 heteroatoms. The van der Waals surface area contributed by atoms with Gasteiger partial charge in [0.05, 0.1) is 27.6 Å². The minimum Gasteiger partial charge on any atom is -0.422 e. The predicted octanol–water partition coefficient (Wildman–Crippen LogP) is 3.94. The summed E-state index contributed by atoms with van der Waals surface area (Å²) in [6.45, 7) is 5.72. The Labute approximate surface area is 182 Å². The van der Waals surface area contributed by atoms with Crippen molar-refractivity contribution in [2.75, 3.05) is 0 Å². The standard InChI is InChI=1S/C22H21BrN4O3/c1-14-8-10-17(11-9-14)22(29)30-19-7-5-4-6-18(19)12-24-25-20(28)13-27-16(3)21(23)15(2)26-27/h4-12H,13H2,1-3H3,(H,25,28)/b24-12+. The smallest absolute Gasteiger partial charge is 0.343 e. The van der Waals surface area contributed by atoms with Gasteiger partial charge in [-0.2, -0.15) is 10.2 Å². The molecule has 154 valence electrons. The Bertz CT molecular complexity index is 1100. The largest absolute Gasteiger partial charge is 0.422 e. The van der Waals surface area contributed by atoms with Crippen molar-refractivity contribution in [3.63, 3.8) is 0 Å². The number of nitrogens with one attached hydrogen (secondary N) is 1. The van der Waals surface area contributed by atoms with Crippen molar-refractivity contribution in [3.05, 3.63) is 81.1 Å². The van der Waals surface area contributed by atoms with Gasteiger partial charge in [0.2, 0.25) is 0 Å². The number of hydrogen-bond acceptors (Lipinski definition) is 5. The van der Waals surface area contributed by atoms with E-state index in [0.717, 1.165) is 21.4 Å². The zero-order chi connectivity index (χ0) is 21.7. The molecule has 0 bridgehead atoms. The van der Waals surface area contributed by atoms with Gasteiger partial charge in [-0.1, -0.05) is 29.8 Å². The molecular formula is C22H21BrN4O3. The molecule has 0 saturated carbocycles. The molecule has 0 atom stereocenters. The average molecular weight is 469 g/mol. The monoisotopic (exact) mass is 468 g/mol. The molecule has 0 spiro atoms. The maximum Gasteiger partial charge on any atom is 0.343 e. The SMILES string of the molecule is Cc1ccc(C(=O)Oc2ccccc2/C=N/NC(=O)Cn2nc(C)c(Br)c2C)cc1. The van der Waals surface area contributed by atoms with Gasteiger partial charge in [0, 0.05) is 5.56 Å². The number of aromatic nitrogens is 2. The lowest BCUT2D eigenvalue weighted by Gasteiger charge is -2.07. The van der Waals surface area contributed by atoms with Gasteiger partial charge in [-0.05, 0) is 61.0 Å². The van der Waals surface area contributed by atoms with E-state index in [1.54, 1.807) is 41.1 Å². The number of hydrogen-bond donors (Lipinski definition) is 1. The molecule has 0 fully saturated rings. The summed E-state index contributed by atoms with van der Waals surface area (Å²) in [5.74, 6) is -0.433. The molecule has 1 aromatic heterocycles. The number of carbonyl (C=O) groups excluding carboxylic acids is 2. The van der Waals surface area contributed by atoms with Crippen LogP contribution in [-0.4, -0.2) is 27.9 Å². The number of amides is 1. The summed E-state index contributed by atoms with van der Waals surface area (Å²) in [4.78, 5) is 24.5. The first-order valence-electron chi connectivity index (χ1n) is 9.24. The highest BCUT2D eigenvalue weighted by molar-refractivity contribution is 9.10. The van der Waals surface area contributed by atoms with Gasteiger partial charge in [0.1, 0.15) is 12.3 Å². The number of rotatable bonds is 6. The zero-order valence-corrected chi connectivity index (χ0v) is 18.4. The Balaban J connectivity index is 1.64. The van der Waals surface area contributed by atoms with Gasteiger partial charge in [-0.25, -0.2) is 10.2 Å². The molecule has 3 aromatic rings. The van der Waals surface area contributed by atoms with Crippen LogP contribution < -0.4 is 10.2 Å². The van der Waals surface area contributed by atoms with Crippen LogP contribution in [0, 0.1) is 20.8 Å². The molecule has 0 aliphatic carbocycles. The number of esters is 1. The first-order chi connectivity index (χ1) is 14.3. The van der Waals surface area contributed by atoms with Crippen LogP contribution in [0.25, 0.3) is 0 Å². The summed E-state index contributed by atoms with van der Waals surface area (Å²) < 4.78 is 7.97. The fourth-order valence-electron chi connectivity index (χ4n) is 2.70. The van der Waals surface area contributed by atoms with E-state index in [1.807, 2.05) is 32.9 Å². The van der Waals surface area contributed by atoms with Crippen molar-refractivity contribution >= 4 is 34.0 Å². The summed E-state index contributed by atoms with van der Waals surface area (Å²) in [7, 11) is 0. The van der Waals surface area contributed by atoms with Crippen molar-refractivity contribution in [1.82, 2.24) is 15.2 Å². The molecule has 0 saturated heterocycles. The van der Waals surface area contributed by atoms with E-state index >= 15 is 0 Å². The summed E-state index contributed by atoms with van der Waals surface area (Å²) in [6, 6.07) is 14.1. The summed E-state index contributed by atoms with van der Waals surface area (Å²) >= 11 is 3.43. The Hall–Kier alpha value is -3.26. The normalized spacial score (nSPS) is 10.9. The summed E-state index contributed by atoms with van der Waals surface area (Å²) in [5, 5.41) is 8.28. The molecule has 3 rings (SSSR count). The second-order valence-electron chi connectivity index (χ2n) is 6.73. The lowest BCUT2D eigenvalue weighted by molar-refractivity contribution is -0.121. The molecular weight excluding hydrogens is 448 g/mol. The maximum atomic E-state index is 12.4. The van der Waals surface area contributed by atoms with E-state index in [2.05, 4.69) is 31.6 Å². The van der Waals surface area contributed by atoms with E-state index in [0.29, 0.717) is 16.9 Å². The first-order valence-corrected chi connectivity index (χ1v) is 10.0. The third-order valence-electron chi connectivity index (χ3n) is 4.39. The molecule has 1 heterocycles. The topological polar surface area (TPSA) is 85.6 Å². The third-order valence-corrected chi connectivity index (χ3v) is 5.54. The number of halogens is 1. The van der Waals surface area contributed by atoms with Crippen molar-refractivity contribution in [2.45, 2.75) is 27.3 Å². The van der Waals surface area contributed by atoms with Gasteiger partial charge in [0.25, 0.3) is 5.91 Å². The number of carbonyl (C=O) groups is 2. The van der Waals surface area contributed by atoms with Gasteiger partial charge in [-0.15, -0.1) is 0 Å². The van der Waals surface area contributed by atoms with Crippen LogP contribution >= 0.6 is 15.9 Å². The second-order valence-corrected chi connectivity index (χ2v) is 7.52. The molecule has 0 radical (unpaired) electrons. The Morgan fingerprint density at radius 3 is 2.50 bits per heavy atom. The van der Waals surface area contributed by atoms with E-state index < -0.39 is 5.97 Å². The Morgan fingerprint density at radius 2 is 1.83 bits per heavy atom. The third kappa shape index (κ3) is 5.21. The quantitative estimate of drug-likeness (QED) is 0.257. The summed E-state index contributed by atoms with van der Waals surface area (Å²) in [6.07, 6.45) is 1.44. The zero-order valence-electron chi connectivity index (χ0n) is 16.8. The highest BCUT2D eigenvalue weighted by Crippen LogP contribution is 2.20. The van der Waals surface area contributed by atoms with Gasteiger partial charge in [0.15, 0.2) is 0 Å². The van der Waals surface area contributed by atoms with E-state index in [9.17, 15) is 9.59 Å². The summed E-state index contributed by atoms with van der Waals surface area (Å²) in [5.41, 5.74) is 6.22. The number of hydrazone groups is 1. The van der Waals surface area contributed by atoms with Crippen LogP contribution in [0.1, 0.15) is 32.9 Å². The van der Waals surface area contributed by atoms with Crippen LogP contribution in [0.15, 0.2) is 58.1 Å². The van der Waals surface area contributed by atoms with Crippen LogP contribution in [0.5, 0.6) is 5.75 Å².